The Hall–Kier alpha value is -2.85. The van der Waals surface area contributed by atoms with E-state index in [0.29, 0.717) is 0 Å². The number of nitrogens with zero attached hydrogens (tertiary/aromatic N) is 3. The molecular weight excluding hydrogens is 346 g/mol. The number of pyridine rings is 1. The van der Waals surface area contributed by atoms with Crippen molar-refractivity contribution >= 4 is 17.3 Å². The number of ether oxygens (including phenoxy) is 1. The minimum atomic E-state index is -0.284. The Balaban J connectivity index is 1.59. The van der Waals surface area contributed by atoms with Crippen LogP contribution in [0.5, 0.6) is 5.75 Å². The van der Waals surface area contributed by atoms with Gasteiger partial charge in [0.1, 0.15) is 5.75 Å². The molecule has 2 aromatic carbocycles. The average Bonchev–Trinajstić information content (AvgIpc) is 3.14. The SMILES string of the molecule is Clc1ccc(C2=NN3[C@@H](C2)c2ccccc2O[C@H]3c2cccnc2)cc1. The van der Waals surface area contributed by atoms with Crippen molar-refractivity contribution in [1.82, 2.24) is 9.99 Å². The lowest BCUT2D eigenvalue weighted by molar-refractivity contribution is -0.0192. The van der Waals surface area contributed by atoms with Gasteiger partial charge in [-0.3, -0.25) is 4.98 Å². The molecule has 0 radical (unpaired) electrons. The van der Waals surface area contributed by atoms with Crippen LogP contribution in [-0.2, 0) is 0 Å². The zero-order valence-corrected chi connectivity index (χ0v) is 14.7. The Morgan fingerprint density at radius 3 is 2.65 bits per heavy atom. The summed E-state index contributed by atoms with van der Waals surface area (Å²) in [4.78, 5) is 4.25. The Bertz CT molecular complexity index is 972. The van der Waals surface area contributed by atoms with Crippen LogP contribution in [-0.4, -0.2) is 15.7 Å². The normalized spacial score (nSPS) is 20.8. The molecule has 0 bridgehead atoms. The van der Waals surface area contributed by atoms with Crippen LogP contribution in [0.15, 0.2) is 78.2 Å². The largest absolute Gasteiger partial charge is 0.464 e. The molecule has 0 saturated heterocycles. The van der Waals surface area contributed by atoms with Crippen LogP contribution in [0.2, 0.25) is 5.02 Å². The first-order chi connectivity index (χ1) is 12.8. The first-order valence-corrected chi connectivity index (χ1v) is 8.95. The molecule has 26 heavy (non-hydrogen) atoms. The molecule has 3 heterocycles. The van der Waals surface area contributed by atoms with Crippen LogP contribution in [0.4, 0.5) is 0 Å². The maximum atomic E-state index is 6.29. The number of para-hydroxylation sites is 1. The van der Waals surface area contributed by atoms with Gasteiger partial charge in [-0.25, -0.2) is 5.01 Å². The molecule has 3 aromatic rings. The molecule has 0 fully saturated rings. The van der Waals surface area contributed by atoms with Gasteiger partial charge in [0.25, 0.3) is 0 Å². The zero-order chi connectivity index (χ0) is 17.5. The highest BCUT2D eigenvalue weighted by Gasteiger charge is 2.40. The first kappa shape index (κ1) is 15.4. The number of aromatic nitrogens is 1. The molecule has 0 spiro atoms. The predicted molar refractivity (Wildman–Crippen MR) is 101 cm³/mol. The third kappa shape index (κ3) is 2.54. The molecule has 0 unspecified atom stereocenters. The zero-order valence-electron chi connectivity index (χ0n) is 13.9. The van der Waals surface area contributed by atoms with E-state index in [1.54, 1.807) is 6.20 Å². The van der Waals surface area contributed by atoms with E-state index in [9.17, 15) is 0 Å². The highest BCUT2D eigenvalue weighted by Crippen LogP contribution is 2.47. The van der Waals surface area contributed by atoms with Crippen LogP contribution >= 0.6 is 11.6 Å². The van der Waals surface area contributed by atoms with E-state index in [1.807, 2.05) is 60.8 Å². The van der Waals surface area contributed by atoms with Gasteiger partial charge in [-0.05, 0) is 29.8 Å². The summed E-state index contributed by atoms with van der Waals surface area (Å²) in [5.74, 6) is 0.912. The molecule has 0 saturated carbocycles. The van der Waals surface area contributed by atoms with E-state index in [1.165, 1.54) is 5.56 Å². The second-order valence-corrected chi connectivity index (χ2v) is 6.88. The van der Waals surface area contributed by atoms with E-state index in [4.69, 9.17) is 21.4 Å². The Kier molecular flexibility index (Phi) is 3.64. The second kappa shape index (κ2) is 6.15. The summed E-state index contributed by atoms with van der Waals surface area (Å²) < 4.78 is 6.29. The van der Waals surface area contributed by atoms with Crippen molar-refractivity contribution < 1.29 is 4.74 Å². The third-order valence-corrected chi connectivity index (χ3v) is 5.10. The first-order valence-electron chi connectivity index (χ1n) is 8.57. The molecule has 0 aliphatic carbocycles. The molecule has 2 aliphatic rings. The number of rotatable bonds is 2. The predicted octanol–water partition coefficient (Wildman–Crippen LogP) is 4.98. The third-order valence-electron chi connectivity index (χ3n) is 4.85. The minimum Gasteiger partial charge on any atom is -0.464 e. The fourth-order valence-corrected chi connectivity index (χ4v) is 3.72. The number of hydrazone groups is 1. The van der Waals surface area contributed by atoms with Gasteiger partial charge in [-0.15, -0.1) is 0 Å². The minimum absolute atomic E-state index is 0.149. The van der Waals surface area contributed by atoms with Crippen molar-refractivity contribution in [3.8, 4) is 5.75 Å². The molecule has 2 aliphatic heterocycles. The average molecular weight is 362 g/mol. The maximum Gasteiger partial charge on any atom is 0.215 e. The van der Waals surface area contributed by atoms with Crippen molar-refractivity contribution in [2.45, 2.75) is 18.7 Å². The van der Waals surface area contributed by atoms with Crippen molar-refractivity contribution in [1.29, 1.82) is 0 Å². The Morgan fingerprint density at radius 2 is 1.85 bits per heavy atom. The van der Waals surface area contributed by atoms with Gasteiger partial charge in [-0.2, -0.15) is 5.10 Å². The standard InChI is InChI=1S/C21H16ClN3O/c22-16-9-7-14(8-10-16)18-12-19-17-5-1-2-6-20(17)26-21(25(19)24-18)15-4-3-11-23-13-15/h1-11,13,19,21H,12H2/t19-,21-/m0/s1. The van der Waals surface area contributed by atoms with E-state index < -0.39 is 0 Å². The summed E-state index contributed by atoms with van der Waals surface area (Å²) in [6.07, 6.45) is 4.15. The van der Waals surface area contributed by atoms with Gasteiger partial charge in [0.05, 0.1) is 11.8 Å². The highest BCUT2D eigenvalue weighted by atomic mass is 35.5. The molecule has 5 heteroatoms. The quantitative estimate of drug-likeness (QED) is 0.646. The maximum absolute atomic E-state index is 6.29. The molecule has 1 aromatic heterocycles. The topological polar surface area (TPSA) is 37.7 Å². The molecule has 5 rings (SSSR count). The van der Waals surface area contributed by atoms with Gasteiger partial charge in [0, 0.05) is 35.0 Å². The van der Waals surface area contributed by atoms with Crippen molar-refractivity contribution in [3.05, 3.63) is 94.8 Å². The number of hydrogen-bond acceptors (Lipinski definition) is 4. The van der Waals surface area contributed by atoms with Gasteiger partial charge in [0.15, 0.2) is 0 Å². The van der Waals surface area contributed by atoms with Crippen LogP contribution in [0, 0.1) is 0 Å². The van der Waals surface area contributed by atoms with Gasteiger partial charge in [0.2, 0.25) is 6.23 Å². The van der Waals surface area contributed by atoms with Crippen LogP contribution in [0.1, 0.15) is 35.4 Å². The second-order valence-electron chi connectivity index (χ2n) is 6.45. The van der Waals surface area contributed by atoms with E-state index in [0.717, 1.165) is 34.0 Å². The van der Waals surface area contributed by atoms with E-state index >= 15 is 0 Å². The fraction of sp³-hybridized carbons (Fsp3) is 0.143. The summed E-state index contributed by atoms with van der Waals surface area (Å²) in [5, 5.41) is 7.71. The van der Waals surface area contributed by atoms with Crippen LogP contribution in [0.25, 0.3) is 0 Å². The molecule has 0 N–H and O–H groups in total. The van der Waals surface area contributed by atoms with Gasteiger partial charge in [-0.1, -0.05) is 48.0 Å². The molecule has 2 atom stereocenters. The number of hydrogen-bond donors (Lipinski definition) is 0. The Labute approximate surface area is 156 Å². The lowest BCUT2D eigenvalue weighted by atomic mass is 9.96. The van der Waals surface area contributed by atoms with E-state index in [-0.39, 0.29) is 12.3 Å². The van der Waals surface area contributed by atoms with Gasteiger partial charge >= 0.3 is 0 Å². The van der Waals surface area contributed by atoms with Gasteiger partial charge < -0.3 is 4.74 Å². The van der Waals surface area contributed by atoms with Crippen molar-refractivity contribution in [2.24, 2.45) is 5.10 Å². The lowest BCUT2D eigenvalue weighted by Crippen LogP contribution is -2.33. The van der Waals surface area contributed by atoms with Crippen LogP contribution in [0.3, 0.4) is 0 Å². The summed E-state index contributed by atoms with van der Waals surface area (Å²) in [7, 11) is 0. The summed E-state index contributed by atoms with van der Waals surface area (Å²) in [5.41, 5.74) is 4.29. The lowest BCUT2D eigenvalue weighted by Gasteiger charge is -2.38. The molecule has 0 amide bonds. The van der Waals surface area contributed by atoms with Crippen molar-refractivity contribution in [2.75, 3.05) is 0 Å². The summed E-state index contributed by atoms with van der Waals surface area (Å²) in [6, 6.07) is 20.1. The smallest absolute Gasteiger partial charge is 0.215 e. The molecule has 128 valence electrons. The monoisotopic (exact) mass is 361 g/mol. The van der Waals surface area contributed by atoms with E-state index in [2.05, 4.69) is 16.1 Å². The molecular formula is C21H16ClN3O. The summed E-state index contributed by atoms with van der Waals surface area (Å²) >= 11 is 6.03. The van der Waals surface area contributed by atoms with Crippen LogP contribution < -0.4 is 4.74 Å². The highest BCUT2D eigenvalue weighted by molar-refractivity contribution is 6.30. The Morgan fingerprint density at radius 1 is 1.00 bits per heavy atom. The molecule has 4 nitrogen and oxygen atoms in total. The number of fused-ring (bicyclic) bond motifs is 3. The summed E-state index contributed by atoms with van der Waals surface area (Å²) in [6.45, 7) is 0. The number of halogens is 1. The van der Waals surface area contributed by atoms with Crippen molar-refractivity contribution in [3.63, 3.8) is 0 Å². The fourth-order valence-electron chi connectivity index (χ4n) is 3.59. The number of benzene rings is 2.